The molecule has 0 aromatic heterocycles. The topological polar surface area (TPSA) is 44.8 Å². The molecule has 0 saturated heterocycles. The first-order valence-corrected chi connectivity index (χ1v) is 4.55. The molecule has 0 N–H and O–H groups in total. The molecular formula is C10H11ClO4. The second-order valence-corrected chi connectivity index (χ2v) is 3.13. The highest BCUT2D eigenvalue weighted by atomic mass is 35.5. The van der Waals surface area contributed by atoms with Crippen LogP contribution in [0.25, 0.3) is 0 Å². The predicted molar refractivity (Wildman–Crippen MR) is 55.9 cm³/mol. The predicted octanol–water partition coefficient (Wildman–Crippen LogP) is 2.14. The summed E-state index contributed by atoms with van der Waals surface area (Å²) in [6, 6.07) is 3.07. The van der Waals surface area contributed by atoms with Crippen molar-refractivity contribution in [1.29, 1.82) is 0 Å². The lowest BCUT2D eigenvalue weighted by Gasteiger charge is -2.12. The molecule has 0 amide bonds. The molecule has 0 aliphatic carbocycles. The van der Waals surface area contributed by atoms with E-state index in [4.69, 9.17) is 25.8 Å². The van der Waals surface area contributed by atoms with Gasteiger partial charge in [-0.15, -0.1) is 0 Å². The number of carbonyl (C=O) groups excluding carboxylic acids is 1. The third kappa shape index (κ3) is 2.84. The van der Waals surface area contributed by atoms with Crippen molar-refractivity contribution in [3.63, 3.8) is 0 Å². The monoisotopic (exact) mass is 230 g/mol. The number of benzene rings is 1. The number of rotatable bonds is 5. The summed E-state index contributed by atoms with van der Waals surface area (Å²) < 4.78 is 15.0. The van der Waals surface area contributed by atoms with Crippen LogP contribution in [-0.2, 0) is 4.74 Å². The van der Waals surface area contributed by atoms with Crippen LogP contribution in [0.1, 0.15) is 10.4 Å². The number of halogens is 1. The van der Waals surface area contributed by atoms with Crippen LogP contribution in [0.5, 0.6) is 11.5 Å². The molecule has 4 nitrogen and oxygen atoms in total. The van der Waals surface area contributed by atoms with Crippen molar-refractivity contribution in [3.05, 3.63) is 22.7 Å². The van der Waals surface area contributed by atoms with Gasteiger partial charge < -0.3 is 14.2 Å². The minimum absolute atomic E-state index is 0.0405. The SMILES string of the molecule is COCOc1c(C=O)cc(Cl)cc1OC. The summed E-state index contributed by atoms with van der Waals surface area (Å²) in [5, 5.41) is 0.415. The van der Waals surface area contributed by atoms with Crippen molar-refractivity contribution in [3.8, 4) is 11.5 Å². The second kappa shape index (κ2) is 5.58. The second-order valence-electron chi connectivity index (χ2n) is 2.70. The number of methoxy groups -OCH3 is 2. The fraction of sp³-hybridized carbons (Fsp3) is 0.300. The van der Waals surface area contributed by atoms with Crippen molar-refractivity contribution >= 4 is 17.9 Å². The Balaban J connectivity index is 3.12. The highest BCUT2D eigenvalue weighted by Crippen LogP contribution is 2.33. The summed E-state index contributed by atoms with van der Waals surface area (Å²) in [5.74, 6) is 0.736. The largest absolute Gasteiger partial charge is 0.493 e. The summed E-state index contributed by atoms with van der Waals surface area (Å²) in [7, 11) is 2.96. The lowest BCUT2D eigenvalue weighted by Crippen LogP contribution is -2.03. The number of aldehydes is 1. The molecule has 0 radical (unpaired) electrons. The van der Waals surface area contributed by atoms with Gasteiger partial charge in [-0.05, 0) is 6.07 Å². The van der Waals surface area contributed by atoms with Crippen LogP contribution in [0.3, 0.4) is 0 Å². The summed E-state index contributed by atoms with van der Waals surface area (Å²) in [5.41, 5.74) is 0.330. The highest BCUT2D eigenvalue weighted by Gasteiger charge is 2.12. The maximum atomic E-state index is 10.8. The first-order chi connectivity index (χ1) is 7.22. The van der Waals surface area contributed by atoms with Gasteiger partial charge in [-0.1, -0.05) is 11.6 Å². The van der Waals surface area contributed by atoms with E-state index in [1.54, 1.807) is 6.07 Å². The fourth-order valence-electron chi connectivity index (χ4n) is 1.10. The van der Waals surface area contributed by atoms with E-state index in [0.29, 0.717) is 28.4 Å². The van der Waals surface area contributed by atoms with Gasteiger partial charge in [-0.2, -0.15) is 0 Å². The number of carbonyl (C=O) groups is 1. The molecule has 82 valence electrons. The molecule has 5 heteroatoms. The highest BCUT2D eigenvalue weighted by molar-refractivity contribution is 6.31. The Labute approximate surface area is 92.7 Å². The summed E-state index contributed by atoms with van der Waals surface area (Å²) >= 11 is 5.79. The number of hydrogen-bond acceptors (Lipinski definition) is 4. The smallest absolute Gasteiger partial charge is 0.188 e. The van der Waals surface area contributed by atoms with Crippen LogP contribution in [0.4, 0.5) is 0 Å². The maximum absolute atomic E-state index is 10.8. The van der Waals surface area contributed by atoms with Crippen molar-refractivity contribution in [2.24, 2.45) is 0 Å². The first kappa shape index (κ1) is 11.8. The van der Waals surface area contributed by atoms with E-state index in [0.717, 1.165) is 0 Å². The van der Waals surface area contributed by atoms with Crippen molar-refractivity contribution in [2.45, 2.75) is 0 Å². The molecule has 1 aromatic carbocycles. The van der Waals surface area contributed by atoms with Crippen LogP contribution in [-0.4, -0.2) is 27.3 Å². The average Bonchev–Trinajstić information content (AvgIpc) is 2.26. The lowest BCUT2D eigenvalue weighted by atomic mass is 10.2. The minimum Gasteiger partial charge on any atom is -0.493 e. The molecule has 0 saturated carbocycles. The average molecular weight is 231 g/mol. The van der Waals surface area contributed by atoms with Gasteiger partial charge in [0.15, 0.2) is 24.6 Å². The van der Waals surface area contributed by atoms with Gasteiger partial charge in [0.05, 0.1) is 12.7 Å². The van der Waals surface area contributed by atoms with Crippen molar-refractivity contribution < 1.29 is 19.0 Å². The molecule has 0 atom stereocenters. The number of ether oxygens (including phenoxy) is 3. The van der Waals surface area contributed by atoms with Gasteiger partial charge >= 0.3 is 0 Å². The summed E-state index contributed by atoms with van der Waals surface area (Å²) in [4.78, 5) is 10.8. The Morgan fingerprint density at radius 3 is 2.67 bits per heavy atom. The molecule has 0 spiro atoms. The van der Waals surface area contributed by atoms with E-state index in [2.05, 4.69) is 0 Å². The zero-order valence-electron chi connectivity index (χ0n) is 8.45. The van der Waals surface area contributed by atoms with Crippen LogP contribution < -0.4 is 9.47 Å². The van der Waals surface area contributed by atoms with Crippen LogP contribution in [0.15, 0.2) is 12.1 Å². The van der Waals surface area contributed by atoms with Gasteiger partial charge in [-0.3, -0.25) is 4.79 Å². The van der Waals surface area contributed by atoms with E-state index in [1.807, 2.05) is 0 Å². The Morgan fingerprint density at radius 2 is 2.13 bits per heavy atom. The molecule has 0 bridgehead atoms. The van der Waals surface area contributed by atoms with Gasteiger partial charge in [0.25, 0.3) is 0 Å². The van der Waals surface area contributed by atoms with Gasteiger partial charge in [0.2, 0.25) is 0 Å². The van der Waals surface area contributed by atoms with E-state index < -0.39 is 0 Å². The number of hydrogen-bond donors (Lipinski definition) is 0. The maximum Gasteiger partial charge on any atom is 0.188 e. The Bertz CT molecular complexity index is 352. The molecule has 1 rings (SSSR count). The Kier molecular flexibility index (Phi) is 4.39. The van der Waals surface area contributed by atoms with E-state index in [9.17, 15) is 4.79 Å². The van der Waals surface area contributed by atoms with E-state index >= 15 is 0 Å². The molecule has 0 aliphatic rings. The molecule has 0 heterocycles. The lowest BCUT2D eigenvalue weighted by molar-refractivity contribution is 0.0485. The molecule has 0 unspecified atom stereocenters. The van der Waals surface area contributed by atoms with Crippen LogP contribution >= 0.6 is 11.6 Å². The first-order valence-electron chi connectivity index (χ1n) is 4.17. The van der Waals surface area contributed by atoms with Gasteiger partial charge in [-0.25, -0.2) is 0 Å². The molecular weight excluding hydrogens is 220 g/mol. The quantitative estimate of drug-likeness (QED) is 0.574. The Morgan fingerprint density at radius 1 is 1.40 bits per heavy atom. The van der Waals surface area contributed by atoms with Crippen molar-refractivity contribution in [2.75, 3.05) is 21.0 Å². The summed E-state index contributed by atoms with van der Waals surface area (Å²) in [6.45, 7) is 0.0405. The fourth-order valence-corrected chi connectivity index (χ4v) is 1.32. The van der Waals surface area contributed by atoms with Gasteiger partial charge in [0, 0.05) is 18.2 Å². The third-order valence-corrected chi connectivity index (χ3v) is 1.93. The summed E-state index contributed by atoms with van der Waals surface area (Å²) in [6.07, 6.45) is 0.652. The third-order valence-electron chi connectivity index (χ3n) is 1.72. The Hall–Kier alpha value is -1.26. The molecule has 0 fully saturated rings. The van der Waals surface area contributed by atoms with E-state index in [1.165, 1.54) is 20.3 Å². The normalized spacial score (nSPS) is 9.80. The van der Waals surface area contributed by atoms with Crippen LogP contribution in [0.2, 0.25) is 5.02 Å². The van der Waals surface area contributed by atoms with Crippen LogP contribution in [0, 0.1) is 0 Å². The standard InChI is InChI=1S/C10H11ClO4/c1-13-6-15-10-7(5-12)3-8(11)4-9(10)14-2/h3-5H,6H2,1-2H3. The molecule has 15 heavy (non-hydrogen) atoms. The molecule has 0 aliphatic heterocycles. The zero-order valence-corrected chi connectivity index (χ0v) is 9.21. The van der Waals surface area contributed by atoms with E-state index in [-0.39, 0.29) is 6.79 Å². The molecule has 1 aromatic rings. The van der Waals surface area contributed by atoms with Crippen molar-refractivity contribution in [1.82, 2.24) is 0 Å². The minimum atomic E-state index is 0.0405. The van der Waals surface area contributed by atoms with Gasteiger partial charge in [0.1, 0.15) is 0 Å². The zero-order chi connectivity index (χ0) is 11.3.